The largest absolute Gasteiger partial charge is 0.399 e. The number of ketones is 1. The van der Waals surface area contributed by atoms with Crippen LogP contribution >= 0.6 is 0 Å². The van der Waals surface area contributed by atoms with E-state index in [9.17, 15) is 9.90 Å². The molecule has 3 aromatic carbocycles. The van der Waals surface area contributed by atoms with E-state index in [4.69, 9.17) is 5.73 Å². The quantitative estimate of drug-likeness (QED) is 0.382. The Balaban J connectivity index is 1.65. The summed E-state index contributed by atoms with van der Waals surface area (Å²) in [5.41, 5.74) is 10.8. The second-order valence-electron chi connectivity index (χ2n) is 6.93. The number of benzene rings is 3. The highest BCUT2D eigenvalue weighted by Gasteiger charge is 2.35. The number of nitrogens with one attached hydrogen (secondary N) is 2. The maximum absolute atomic E-state index is 13.2. The first kappa shape index (κ1) is 17.2. The van der Waals surface area contributed by atoms with Crippen LogP contribution in [0.5, 0.6) is 0 Å². The summed E-state index contributed by atoms with van der Waals surface area (Å²) in [5.74, 6) is 0.407. The smallest absolute Gasteiger partial charge is 0.197 e. The third-order valence-corrected chi connectivity index (χ3v) is 5.08. The molecule has 5 N–H and O–H groups in total. The zero-order valence-electron chi connectivity index (χ0n) is 15.4. The van der Waals surface area contributed by atoms with Crippen LogP contribution in [0, 0.1) is 0 Å². The zero-order valence-corrected chi connectivity index (χ0v) is 15.4. The van der Waals surface area contributed by atoms with Crippen molar-refractivity contribution in [3.63, 3.8) is 0 Å². The number of hydrogen-bond acceptors (Lipinski definition) is 5. The lowest BCUT2D eigenvalue weighted by atomic mass is 9.92. The molecule has 142 valence electrons. The highest BCUT2D eigenvalue weighted by molar-refractivity contribution is 6.23. The van der Waals surface area contributed by atoms with Crippen LogP contribution in [0.15, 0.2) is 83.4 Å². The number of carbonyl (C=O) groups excluding carboxylic acids is 1. The van der Waals surface area contributed by atoms with E-state index in [-0.39, 0.29) is 11.4 Å². The van der Waals surface area contributed by atoms with Gasteiger partial charge in [0.25, 0.3) is 0 Å². The Hall–Kier alpha value is -3.90. The highest BCUT2D eigenvalue weighted by Crippen LogP contribution is 2.35. The minimum absolute atomic E-state index is 0.210. The number of anilines is 2. The van der Waals surface area contributed by atoms with Gasteiger partial charge in [-0.15, -0.1) is 0 Å². The molecule has 29 heavy (non-hydrogen) atoms. The van der Waals surface area contributed by atoms with Crippen molar-refractivity contribution in [2.24, 2.45) is 4.99 Å². The molecule has 2 aliphatic heterocycles. The zero-order chi connectivity index (χ0) is 20.0. The van der Waals surface area contributed by atoms with Crippen LogP contribution in [-0.2, 0) is 0 Å². The molecule has 1 atom stereocenters. The van der Waals surface area contributed by atoms with Crippen LogP contribution in [0.3, 0.4) is 0 Å². The van der Waals surface area contributed by atoms with E-state index < -0.39 is 6.23 Å². The van der Waals surface area contributed by atoms with Crippen LogP contribution in [-0.4, -0.2) is 23.0 Å². The van der Waals surface area contributed by atoms with Gasteiger partial charge >= 0.3 is 0 Å². The van der Waals surface area contributed by atoms with Crippen molar-refractivity contribution in [3.8, 4) is 0 Å². The van der Waals surface area contributed by atoms with E-state index in [1.165, 1.54) is 0 Å². The number of amidine groups is 1. The molecule has 3 aromatic rings. The molecular formula is C23H18N4O2. The number of aliphatic hydroxyl groups is 1. The molecule has 0 saturated carbocycles. The van der Waals surface area contributed by atoms with Crippen LogP contribution in [0.25, 0.3) is 5.70 Å². The summed E-state index contributed by atoms with van der Waals surface area (Å²) in [5, 5.41) is 17.0. The van der Waals surface area contributed by atoms with Gasteiger partial charge in [-0.3, -0.25) is 4.79 Å². The van der Waals surface area contributed by atoms with E-state index >= 15 is 0 Å². The Bertz CT molecular complexity index is 1200. The van der Waals surface area contributed by atoms with Gasteiger partial charge in [0.2, 0.25) is 0 Å². The SMILES string of the molecule is Nc1ccc(/N=C2\N/C(=C3\C(=O)c4ccccc4NC3O)c3ccccc32)cc1. The van der Waals surface area contributed by atoms with Gasteiger partial charge in [0.05, 0.1) is 17.0 Å². The minimum Gasteiger partial charge on any atom is -0.399 e. The lowest BCUT2D eigenvalue weighted by Gasteiger charge is -2.26. The third kappa shape index (κ3) is 2.86. The minimum atomic E-state index is -1.12. The van der Waals surface area contributed by atoms with Crippen LogP contribution in [0.2, 0.25) is 0 Å². The van der Waals surface area contributed by atoms with Gasteiger partial charge in [0.1, 0.15) is 5.84 Å². The molecule has 0 radical (unpaired) electrons. The number of fused-ring (bicyclic) bond motifs is 2. The number of aliphatic hydroxyl groups excluding tert-OH is 1. The van der Waals surface area contributed by atoms with Crippen molar-refractivity contribution in [2.75, 3.05) is 11.1 Å². The van der Waals surface area contributed by atoms with Gasteiger partial charge < -0.3 is 21.5 Å². The molecule has 0 spiro atoms. The van der Waals surface area contributed by atoms with Crippen LogP contribution in [0.4, 0.5) is 17.1 Å². The first-order valence-electron chi connectivity index (χ1n) is 9.25. The summed E-state index contributed by atoms with van der Waals surface area (Å²) >= 11 is 0. The molecule has 2 heterocycles. The van der Waals surface area contributed by atoms with Gasteiger partial charge in [-0.25, -0.2) is 4.99 Å². The van der Waals surface area contributed by atoms with Crippen molar-refractivity contribution in [1.82, 2.24) is 5.32 Å². The summed E-state index contributed by atoms with van der Waals surface area (Å²) in [6, 6.07) is 22.1. The molecule has 0 fully saturated rings. The molecule has 6 nitrogen and oxygen atoms in total. The summed E-state index contributed by atoms with van der Waals surface area (Å²) < 4.78 is 0. The fraction of sp³-hybridized carbons (Fsp3) is 0.0435. The topological polar surface area (TPSA) is 99.7 Å². The Kier molecular flexibility index (Phi) is 3.93. The molecule has 6 heteroatoms. The summed E-state index contributed by atoms with van der Waals surface area (Å²) in [4.78, 5) is 17.9. The summed E-state index contributed by atoms with van der Waals surface area (Å²) in [6.45, 7) is 0. The Morgan fingerprint density at radius 1 is 0.862 bits per heavy atom. The Morgan fingerprint density at radius 2 is 1.52 bits per heavy atom. The molecule has 5 rings (SSSR count). The normalized spacial score (nSPS) is 21.3. The molecule has 0 bridgehead atoms. The molecule has 0 aliphatic carbocycles. The van der Waals surface area contributed by atoms with Gasteiger partial charge in [0, 0.05) is 28.1 Å². The van der Waals surface area contributed by atoms with Crippen molar-refractivity contribution in [1.29, 1.82) is 0 Å². The number of nitrogen functional groups attached to an aromatic ring is 1. The summed E-state index contributed by atoms with van der Waals surface area (Å²) in [6.07, 6.45) is -1.12. The Morgan fingerprint density at radius 3 is 2.28 bits per heavy atom. The molecule has 0 saturated heterocycles. The molecular weight excluding hydrogens is 364 g/mol. The van der Waals surface area contributed by atoms with Gasteiger partial charge in [0.15, 0.2) is 12.0 Å². The average Bonchev–Trinajstić information content (AvgIpc) is 3.08. The monoisotopic (exact) mass is 382 g/mol. The van der Waals surface area contributed by atoms with Crippen LogP contribution < -0.4 is 16.4 Å². The second kappa shape index (κ2) is 6.61. The van der Waals surface area contributed by atoms with Crippen molar-refractivity contribution >= 4 is 34.4 Å². The predicted octanol–water partition coefficient (Wildman–Crippen LogP) is 3.29. The number of nitrogens with zero attached hydrogens (tertiary/aromatic N) is 1. The first-order valence-corrected chi connectivity index (χ1v) is 9.25. The molecule has 0 amide bonds. The fourth-order valence-electron chi connectivity index (χ4n) is 3.69. The predicted molar refractivity (Wildman–Crippen MR) is 114 cm³/mol. The lowest BCUT2D eigenvalue weighted by Crippen LogP contribution is -2.34. The standard InChI is InChI=1S/C23H18N4O2/c24-13-9-11-14(12-10-13)25-22-16-6-2-1-5-15(16)20(27-22)19-21(28)17-7-3-4-8-18(17)26-23(19)29/h1-12,23,26,29H,24H2,(H,25,27)/b20-19+. The number of aliphatic imine (C=N–C) groups is 1. The number of nitrogens with two attached hydrogens (primary N) is 1. The number of carbonyl (C=O) groups is 1. The maximum atomic E-state index is 13.2. The maximum Gasteiger partial charge on any atom is 0.197 e. The first-order chi connectivity index (χ1) is 14.1. The lowest BCUT2D eigenvalue weighted by molar-refractivity contribution is 0.0990. The van der Waals surface area contributed by atoms with Crippen LogP contribution in [0.1, 0.15) is 21.5 Å². The Labute approximate surface area is 167 Å². The average molecular weight is 382 g/mol. The number of hydrogen-bond donors (Lipinski definition) is 4. The van der Waals surface area contributed by atoms with E-state index in [2.05, 4.69) is 15.6 Å². The second-order valence-corrected chi connectivity index (χ2v) is 6.93. The number of Topliss-reactive ketones (excluding diaryl/α,β-unsaturated/α-hetero) is 1. The third-order valence-electron chi connectivity index (χ3n) is 5.08. The summed E-state index contributed by atoms with van der Waals surface area (Å²) in [7, 11) is 0. The molecule has 2 aliphatic rings. The number of para-hydroxylation sites is 1. The molecule has 1 unspecified atom stereocenters. The van der Waals surface area contributed by atoms with Crippen molar-refractivity contribution < 1.29 is 9.90 Å². The fourth-order valence-corrected chi connectivity index (χ4v) is 3.69. The number of rotatable bonds is 1. The van der Waals surface area contributed by atoms with Gasteiger partial charge in [-0.1, -0.05) is 36.4 Å². The van der Waals surface area contributed by atoms with E-state index in [1.807, 2.05) is 48.5 Å². The van der Waals surface area contributed by atoms with Gasteiger partial charge in [-0.2, -0.15) is 0 Å². The molecule has 0 aromatic heterocycles. The highest BCUT2D eigenvalue weighted by atomic mass is 16.3. The van der Waals surface area contributed by atoms with E-state index in [0.29, 0.717) is 28.5 Å². The van der Waals surface area contributed by atoms with E-state index in [0.717, 1.165) is 16.8 Å². The van der Waals surface area contributed by atoms with Crippen molar-refractivity contribution in [2.45, 2.75) is 6.23 Å². The van der Waals surface area contributed by atoms with Crippen molar-refractivity contribution in [3.05, 3.63) is 95.1 Å². The van der Waals surface area contributed by atoms with E-state index in [1.54, 1.807) is 24.3 Å². The van der Waals surface area contributed by atoms with Gasteiger partial charge in [-0.05, 0) is 36.4 Å².